The summed E-state index contributed by atoms with van der Waals surface area (Å²) >= 11 is 13.6. The smallest absolute Gasteiger partial charge is 0.273 e. The van der Waals surface area contributed by atoms with Gasteiger partial charge in [0.2, 0.25) is 5.91 Å². The number of nitrogens with one attached hydrogen (secondary N) is 2. The molecule has 1 heterocycles. The monoisotopic (exact) mass is 488 g/mol. The Morgan fingerprint density at radius 1 is 1.09 bits per heavy atom. The minimum absolute atomic E-state index is 0.0328. The van der Waals surface area contributed by atoms with E-state index in [1.165, 1.54) is 11.3 Å². The molecule has 4 rings (SSSR count). The fraction of sp³-hybridized carbons (Fsp3) is 0.261. The highest BCUT2D eigenvalue weighted by Gasteiger charge is 2.25. The van der Waals surface area contributed by atoms with E-state index in [0.717, 1.165) is 18.4 Å². The van der Waals surface area contributed by atoms with Gasteiger partial charge in [0.1, 0.15) is 5.69 Å². The lowest BCUT2D eigenvalue weighted by atomic mass is 10.2. The minimum atomic E-state index is -0.227. The van der Waals surface area contributed by atoms with Gasteiger partial charge in [-0.25, -0.2) is 4.98 Å². The van der Waals surface area contributed by atoms with Crippen LogP contribution in [0.1, 0.15) is 35.3 Å². The summed E-state index contributed by atoms with van der Waals surface area (Å²) in [6.45, 7) is 0.712. The largest absolute Gasteiger partial charge is 0.353 e. The van der Waals surface area contributed by atoms with E-state index in [1.54, 1.807) is 28.5 Å². The summed E-state index contributed by atoms with van der Waals surface area (Å²) in [6.07, 6.45) is 2.32. The third-order valence-corrected chi connectivity index (χ3v) is 6.55. The van der Waals surface area contributed by atoms with Crippen molar-refractivity contribution in [3.05, 3.63) is 75.2 Å². The predicted octanol–water partition coefficient (Wildman–Crippen LogP) is 5.50. The number of amides is 2. The van der Waals surface area contributed by atoms with Gasteiger partial charge in [-0.2, -0.15) is 0 Å². The quantitative estimate of drug-likeness (QED) is 0.416. The van der Waals surface area contributed by atoms with Crippen LogP contribution in [0.2, 0.25) is 10.0 Å². The molecule has 0 atom stereocenters. The van der Waals surface area contributed by atoms with Gasteiger partial charge in [0.15, 0.2) is 5.13 Å². The van der Waals surface area contributed by atoms with Gasteiger partial charge in [-0.15, -0.1) is 11.3 Å². The van der Waals surface area contributed by atoms with E-state index in [0.29, 0.717) is 45.7 Å². The average Bonchev–Trinajstić information content (AvgIpc) is 3.48. The third kappa shape index (κ3) is 6.00. The lowest BCUT2D eigenvalue weighted by molar-refractivity contribution is -0.121. The van der Waals surface area contributed by atoms with Crippen LogP contribution in [-0.2, 0) is 11.3 Å². The van der Waals surface area contributed by atoms with Crippen molar-refractivity contribution in [3.8, 4) is 0 Å². The number of thiazole rings is 1. The zero-order chi connectivity index (χ0) is 22.5. The lowest BCUT2D eigenvalue weighted by Crippen LogP contribution is -2.35. The van der Waals surface area contributed by atoms with Crippen LogP contribution < -0.4 is 10.6 Å². The van der Waals surface area contributed by atoms with Crippen molar-refractivity contribution >= 4 is 57.2 Å². The Balaban J connectivity index is 1.46. The zero-order valence-electron chi connectivity index (χ0n) is 17.2. The number of carbonyl (C=O) groups excluding carboxylic acids is 2. The van der Waals surface area contributed by atoms with Crippen LogP contribution in [0.15, 0.2) is 53.9 Å². The standard InChI is InChI=1S/C23H22Cl2N4O2S/c24-17-7-4-8-18(21(17)25)27-23-28-19(14-32-23)22(31)29(13-15-5-2-1-3-6-15)12-11-20(30)26-16-9-10-16/h1-8,14,16H,9-13H2,(H,26,30)(H,27,28). The third-order valence-electron chi connectivity index (χ3n) is 4.97. The number of aromatic nitrogens is 1. The number of hydrogen-bond acceptors (Lipinski definition) is 5. The lowest BCUT2D eigenvalue weighted by Gasteiger charge is -2.22. The Bertz CT molecular complexity index is 1100. The molecule has 3 aromatic rings. The van der Waals surface area contributed by atoms with Gasteiger partial charge in [0.05, 0.1) is 15.7 Å². The summed E-state index contributed by atoms with van der Waals surface area (Å²) in [5, 5.41) is 9.14. The summed E-state index contributed by atoms with van der Waals surface area (Å²) in [4.78, 5) is 31.5. The molecular formula is C23H22Cl2N4O2S. The molecule has 1 fully saturated rings. The Kier molecular flexibility index (Phi) is 7.29. The minimum Gasteiger partial charge on any atom is -0.353 e. The Hall–Kier alpha value is -2.61. The Labute approximate surface area is 200 Å². The Morgan fingerprint density at radius 3 is 2.62 bits per heavy atom. The predicted molar refractivity (Wildman–Crippen MR) is 129 cm³/mol. The molecule has 9 heteroatoms. The maximum atomic E-state index is 13.2. The molecule has 32 heavy (non-hydrogen) atoms. The van der Waals surface area contributed by atoms with Crippen LogP contribution in [0.25, 0.3) is 0 Å². The normalized spacial score (nSPS) is 12.9. The molecule has 2 N–H and O–H groups in total. The van der Waals surface area contributed by atoms with Crippen molar-refractivity contribution in [1.29, 1.82) is 0 Å². The fourth-order valence-corrected chi connectivity index (χ4v) is 4.17. The first-order valence-corrected chi connectivity index (χ1v) is 11.9. The first-order valence-electron chi connectivity index (χ1n) is 10.3. The number of rotatable bonds is 9. The van der Waals surface area contributed by atoms with Crippen LogP contribution >= 0.6 is 34.5 Å². The van der Waals surface area contributed by atoms with Crippen LogP contribution in [0, 0.1) is 0 Å². The summed E-state index contributed by atoms with van der Waals surface area (Å²) in [7, 11) is 0. The second kappa shape index (κ2) is 10.3. The zero-order valence-corrected chi connectivity index (χ0v) is 19.5. The highest BCUT2D eigenvalue weighted by atomic mass is 35.5. The average molecular weight is 489 g/mol. The van der Waals surface area contributed by atoms with E-state index >= 15 is 0 Å². The number of benzene rings is 2. The van der Waals surface area contributed by atoms with Crippen molar-refractivity contribution in [1.82, 2.24) is 15.2 Å². The fourth-order valence-electron chi connectivity index (χ4n) is 3.13. The van der Waals surface area contributed by atoms with Crippen molar-refractivity contribution < 1.29 is 9.59 Å². The van der Waals surface area contributed by atoms with E-state index in [-0.39, 0.29) is 18.2 Å². The molecule has 0 bridgehead atoms. The van der Waals surface area contributed by atoms with Gasteiger partial charge in [0, 0.05) is 30.9 Å². The molecule has 2 amide bonds. The van der Waals surface area contributed by atoms with Crippen LogP contribution in [0.4, 0.5) is 10.8 Å². The summed E-state index contributed by atoms with van der Waals surface area (Å²) in [5.41, 5.74) is 1.92. The molecule has 0 saturated heterocycles. The van der Waals surface area contributed by atoms with Crippen LogP contribution in [0.5, 0.6) is 0 Å². The number of nitrogens with zero attached hydrogens (tertiary/aromatic N) is 2. The van der Waals surface area contributed by atoms with E-state index in [1.807, 2.05) is 30.3 Å². The second-order valence-corrected chi connectivity index (χ2v) is 9.21. The molecule has 1 aliphatic rings. The highest BCUT2D eigenvalue weighted by molar-refractivity contribution is 7.14. The molecule has 0 unspecified atom stereocenters. The van der Waals surface area contributed by atoms with Gasteiger partial charge in [-0.3, -0.25) is 9.59 Å². The first kappa shape index (κ1) is 22.6. The molecule has 0 radical (unpaired) electrons. The van der Waals surface area contributed by atoms with Crippen molar-refractivity contribution in [2.24, 2.45) is 0 Å². The van der Waals surface area contributed by atoms with E-state index in [2.05, 4.69) is 15.6 Å². The van der Waals surface area contributed by atoms with Crippen LogP contribution in [-0.4, -0.2) is 34.3 Å². The number of halogens is 2. The van der Waals surface area contributed by atoms with Crippen molar-refractivity contribution in [3.63, 3.8) is 0 Å². The molecule has 1 aliphatic carbocycles. The van der Waals surface area contributed by atoms with E-state index in [9.17, 15) is 9.59 Å². The van der Waals surface area contributed by atoms with Crippen molar-refractivity contribution in [2.45, 2.75) is 31.8 Å². The maximum absolute atomic E-state index is 13.2. The molecule has 6 nitrogen and oxygen atoms in total. The summed E-state index contributed by atoms with van der Waals surface area (Å²) < 4.78 is 0. The van der Waals surface area contributed by atoms with Crippen molar-refractivity contribution in [2.75, 3.05) is 11.9 Å². The van der Waals surface area contributed by atoms with Crippen LogP contribution in [0.3, 0.4) is 0 Å². The van der Waals surface area contributed by atoms with E-state index < -0.39 is 0 Å². The molecule has 0 spiro atoms. The first-order chi connectivity index (χ1) is 15.5. The topological polar surface area (TPSA) is 74.3 Å². The van der Waals surface area contributed by atoms with Gasteiger partial charge >= 0.3 is 0 Å². The molecule has 2 aromatic carbocycles. The number of anilines is 2. The highest BCUT2D eigenvalue weighted by Crippen LogP contribution is 2.32. The molecule has 1 aromatic heterocycles. The molecule has 1 saturated carbocycles. The Morgan fingerprint density at radius 2 is 1.88 bits per heavy atom. The summed E-state index contributed by atoms with van der Waals surface area (Å²) in [5.74, 6) is -0.260. The van der Waals surface area contributed by atoms with Gasteiger partial charge in [-0.05, 0) is 30.5 Å². The van der Waals surface area contributed by atoms with Gasteiger partial charge in [-0.1, -0.05) is 59.6 Å². The molecular weight excluding hydrogens is 467 g/mol. The second-order valence-electron chi connectivity index (χ2n) is 7.57. The molecule has 0 aliphatic heterocycles. The SMILES string of the molecule is O=C(CCN(Cc1ccccc1)C(=O)c1csc(Nc2cccc(Cl)c2Cl)n1)NC1CC1. The number of hydrogen-bond donors (Lipinski definition) is 2. The number of carbonyl (C=O) groups is 2. The maximum Gasteiger partial charge on any atom is 0.273 e. The molecule has 166 valence electrons. The summed E-state index contributed by atoms with van der Waals surface area (Å²) in [6, 6.07) is 15.3. The van der Waals surface area contributed by atoms with E-state index in [4.69, 9.17) is 23.2 Å². The van der Waals surface area contributed by atoms with Gasteiger partial charge in [0.25, 0.3) is 5.91 Å². The van der Waals surface area contributed by atoms with Gasteiger partial charge < -0.3 is 15.5 Å².